The normalized spacial score (nSPS) is 13.5. The average molecular weight is 536 g/mol. The number of anilines is 3. The standard InChI is InChI=1S/C28H29N3O8/c1-35-24(11-12-26(33)31-22-8-3-2-7-21(22)29)27(18-5-4-6-20(15-18)36-14-13-32)39-28(34)30-19-9-10-23-25(16-19)38-17-37-23/h2-12,15-16,24,27,32H,13-14,17,29H2,1H3,(H,30,34)(H,31,33)/b12-11+/t24-,27-/m0/s1. The van der Waals surface area contributed by atoms with Crippen LogP contribution in [0.25, 0.3) is 0 Å². The van der Waals surface area contributed by atoms with Crippen molar-refractivity contribution >= 4 is 29.1 Å². The van der Waals surface area contributed by atoms with Gasteiger partial charge in [0.1, 0.15) is 18.5 Å². The molecule has 0 bridgehead atoms. The Labute approximate surface area is 225 Å². The van der Waals surface area contributed by atoms with E-state index in [1.165, 1.54) is 19.3 Å². The second-order valence-corrected chi connectivity index (χ2v) is 8.30. The van der Waals surface area contributed by atoms with E-state index in [1.54, 1.807) is 66.7 Å². The Balaban J connectivity index is 1.53. The van der Waals surface area contributed by atoms with E-state index < -0.39 is 24.2 Å². The van der Waals surface area contributed by atoms with E-state index in [4.69, 9.17) is 34.5 Å². The van der Waals surface area contributed by atoms with Gasteiger partial charge in [-0.2, -0.15) is 0 Å². The molecule has 204 valence electrons. The van der Waals surface area contributed by atoms with Gasteiger partial charge in [-0.05, 0) is 48.0 Å². The smallest absolute Gasteiger partial charge is 0.412 e. The fourth-order valence-electron chi connectivity index (χ4n) is 3.78. The van der Waals surface area contributed by atoms with Gasteiger partial charge in [-0.15, -0.1) is 0 Å². The van der Waals surface area contributed by atoms with Crippen LogP contribution in [0.15, 0.2) is 78.9 Å². The van der Waals surface area contributed by atoms with Crippen LogP contribution in [0.2, 0.25) is 0 Å². The van der Waals surface area contributed by atoms with Crippen molar-refractivity contribution in [1.29, 1.82) is 0 Å². The quantitative estimate of drug-likeness (QED) is 0.212. The van der Waals surface area contributed by atoms with Crippen molar-refractivity contribution in [2.45, 2.75) is 12.2 Å². The summed E-state index contributed by atoms with van der Waals surface area (Å²) >= 11 is 0. The topological polar surface area (TPSA) is 151 Å². The fourth-order valence-corrected chi connectivity index (χ4v) is 3.78. The Bertz CT molecular complexity index is 1330. The van der Waals surface area contributed by atoms with Gasteiger partial charge in [0.15, 0.2) is 17.6 Å². The number of fused-ring (bicyclic) bond motifs is 1. The van der Waals surface area contributed by atoms with Crippen molar-refractivity contribution in [3.8, 4) is 17.2 Å². The molecule has 5 N–H and O–H groups in total. The van der Waals surface area contributed by atoms with Crippen molar-refractivity contribution in [2.24, 2.45) is 0 Å². The molecule has 11 heteroatoms. The Morgan fingerprint density at radius 1 is 1.05 bits per heavy atom. The van der Waals surface area contributed by atoms with Crippen LogP contribution in [-0.4, -0.2) is 50.3 Å². The molecule has 0 radical (unpaired) electrons. The monoisotopic (exact) mass is 535 g/mol. The molecule has 39 heavy (non-hydrogen) atoms. The number of nitrogens with one attached hydrogen (secondary N) is 2. The maximum absolute atomic E-state index is 12.9. The molecule has 4 rings (SSSR count). The number of carbonyl (C=O) groups excluding carboxylic acids is 2. The number of amides is 2. The molecule has 1 aliphatic rings. The minimum atomic E-state index is -0.979. The largest absolute Gasteiger partial charge is 0.491 e. The zero-order valence-electron chi connectivity index (χ0n) is 21.2. The summed E-state index contributed by atoms with van der Waals surface area (Å²) in [7, 11) is 1.43. The Morgan fingerprint density at radius 3 is 2.67 bits per heavy atom. The second-order valence-electron chi connectivity index (χ2n) is 8.30. The second kappa shape index (κ2) is 13.2. The number of nitrogen functional groups attached to an aromatic ring is 1. The van der Waals surface area contributed by atoms with E-state index in [2.05, 4.69) is 10.6 Å². The highest BCUT2D eigenvalue weighted by molar-refractivity contribution is 6.01. The van der Waals surface area contributed by atoms with Gasteiger partial charge in [-0.1, -0.05) is 24.3 Å². The molecule has 0 saturated heterocycles. The Kier molecular flexibility index (Phi) is 9.22. The summed E-state index contributed by atoms with van der Waals surface area (Å²) in [4.78, 5) is 25.5. The number of aliphatic hydroxyl groups excluding tert-OH is 1. The van der Waals surface area contributed by atoms with Crippen molar-refractivity contribution < 1.29 is 38.4 Å². The summed E-state index contributed by atoms with van der Waals surface area (Å²) < 4.78 is 27.6. The number of hydrogen-bond donors (Lipinski definition) is 4. The fraction of sp³-hybridized carbons (Fsp3) is 0.214. The third-order valence-electron chi connectivity index (χ3n) is 5.63. The van der Waals surface area contributed by atoms with Crippen molar-refractivity contribution in [1.82, 2.24) is 0 Å². The summed E-state index contributed by atoms with van der Waals surface area (Å²) in [5, 5.41) is 14.5. The molecule has 0 spiro atoms. The highest BCUT2D eigenvalue weighted by Gasteiger charge is 2.27. The summed E-state index contributed by atoms with van der Waals surface area (Å²) in [5.41, 5.74) is 7.76. The SMILES string of the molecule is CO[C@@H](/C=C/C(=O)Nc1ccccc1N)[C@@H](OC(=O)Nc1ccc2c(c1)OCO2)c1cccc(OCCO)c1. The van der Waals surface area contributed by atoms with Crippen LogP contribution in [0, 0.1) is 0 Å². The lowest BCUT2D eigenvalue weighted by Gasteiger charge is -2.25. The van der Waals surface area contributed by atoms with Crippen LogP contribution in [0.5, 0.6) is 17.2 Å². The lowest BCUT2D eigenvalue weighted by molar-refractivity contribution is -0.112. The number of para-hydroxylation sites is 2. The van der Waals surface area contributed by atoms with Crippen molar-refractivity contribution in [3.05, 3.63) is 84.4 Å². The van der Waals surface area contributed by atoms with Crippen LogP contribution in [0.3, 0.4) is 0 Å². The molecule has 0 saturated carbocycles. The maximum Gasteiger partial charge on any atom is 0.412 e. The molecular weight excluding hydrogens is 506 g/mol. The number of methoxy groups -OCH3 is 1. The molecule has 2 atom stereocenters. The molecule has 1 heterocycles. The predicted molar refractivity (Wildman–Crippen MR) is 144 cm³/mol. The minimum Gasteiger partial charge on any atom is -0.491 e. The number of rotatable bonds is 11. The zero-order valence-corrected chi connectivity index (χ0v) is 21.2. The van der Waals surface area contributed by atoms with Gasteiger partial charge in [0.2, 0.25) is 12.7 Å². The Hall–Kier alpha value is -4.74. The number of nitrogens with two attached hydrogens (primary N) is 1. The van der Waals surface area contributed by atoms with E-state index in [1.807, 2.05) is 0 Å². The highest BCUT2D eigenvalue weighted by atomic mass is 16.7. The van der Waals surface area contributed by atoms with Gasteiger partial charge >= 0.3 is 6.09 Å². The van der Waals surface area contributed by atoms with Crippen LogP contribution in [0.4, 0.5) is 21.9 Å². The minimum absolute atomic E-state index is 0.0932. The first-order valence-electron chi connectivity index (χ1n) is 12.0. The number of carbonyl (C=O) groups is 2. The number of benzene rings is 3. The third-order valence-corrected chi connectivity index (χ3v) is 5.63. The summed E-state index contributed by atoms with van der Waals surface area (Å²) in [6, 6.07) is 18.6. The van der Waals surface area contributed by atoms with Gasteiger partial charge < -0.3 is 39.8 Å². The summed E-state index contributed by atoms with van der Waals surface area (Å²) in [6.07, 6.45) is 0.150. The van der Waals surface area contributed by atoms with Gasteiger partial charge in [0.25, 0.3) is 0 Å². The molecule has 0 unspecified atom stereocenters. The van der Waals surface area contributed by atoms with E-state index in [0.29, 0.717) is 39.9 Å². The molecule has 1 aliphatic heterocycles. The molecular formula is C28H29N3O8. The van der Waals surface area contributed by atoms with Crippen LogP contribution < -0.4 is 30.6 Å². The number of ether oxygens (including phenoxy) is 5. The zero-order chi connectivity index (χ0) is 27.6. The van der Waals surface area contributed by atoms with E-state index in [-0.39, 0.29) is 20.0 Å². The van der Waals surface area contributed by atoms with E-state index in [9.17, 15) is 9.59 Å². The van der Waals surface area contributed by atoms with Crippen LogP contribution in [0.1, 0.15) is 11.7 Å². The third kappa shape index (κ3) is 7.40. The van der Waals surface area contributed by atoms with Crippen molar-refractivity contribution in [2.75, 3.05) is 43.5 Å². The van der Waals surface area contributed by atoms with Gasteiger partial charge in [-0.3, -0.25) is 10.1 Å². The first-order chi connectivity index (χ1) is 19.0. The molecule has 0 aliphatic carbocycles. The summed E-state index contributed by atoms with van der Waals surface area (Å²) in [5.74, 6) is 1.09. The molecule has 0 fully saturated rings. The van der Waals surface area contributed by atoms with Gasteiger partial charge in [0.05, 0.1) is 18.0 Å². The highest BCUT2D eigenvalue weighted by Crippen LogP contribution is 2.34. The molecule has 0 aromatic heterocycles. The van der Waals surface area contributed by atoms with Crippen LogP contribution in [-0.2, 0) is 14.3 Å². The van der Waals surface area contributed by atoms with Crippen LogP contribution >= 0.6 is 0 Å². The number of aliphatic hydroxyl groups is 1. The van der Waals surface area contributed by atoms with E-state index in [0.717, 1.165) is 0 Å². The van der Waals surface area contributed by atoms with Gasteiger partial charge in [-0.25, -0.2) is 4.79 Å². The Morgan fingerprint density at radius 2 is 1.87 bits per heavy atom. The number of hydrogen-bond acceptors (Lipinski definition) is 9. The summed E-state index contributed by atoms with van der Waals surface area (Å²) in [6.45, 7) is 0.0365. The molecule has 2 amide bonds. The maximum atomic E-state index is 12.9. The molecule has 11 nitrogen and oxygen atoms in total. The van der Waals surface area contributed by atoms with E-state index >= 15 is 0 Å². The van der Waals surface area contributed by atoms with Gasteiger partial charge in [0, 0.05) is 24.9 Å². The average Bonchev–Trinajstić information content (AvgIpc) is 3.41. The lowest BCUT2D eigenvalue weighted by atomic mass is 10.0. The lowest BCUT2D eigenvalue weighted by Crippen LogP contribution is -2.27. The first-order valence-corrected chi connectivity index (χ1v) is 12.0. The first kappa shape index (κ1) is 27.3. The predicted octanol–water partition coefficient (Wildman–Crippen LogP) is 3.87. The molecule has 3 aromatic rings. The van der Waals surface area contributed by atoms with Crippen molar-refractivity contribution in [3.63, 3.8) is 0 Å². The molecule has 3 aromatic carbocycles.